The van der Waals surface area contributed by atoms with E-state index in [1.165, 1.54) is 0 Å². The molecular formula is C17H24F4N4O. The Morgan fingerprint density at radius 1 is 1.19 bits per heavy atom. The first-order valence-electron chi connectivity index (χ1n) is 8.73. The van der Waals surface area contributed by atoms with Crippen LogP contribution in [0.4, 0.5) is 23.5 Å². The Kier molecular flexibility index (Phi) is 6.54. The normalized spacial score (nSPS) is 19.8. The molecule has 0 bridgehead atoms. The average molecular weight is 376 g/mol. The van der Waals surface area contributed by atoms with Gasteiger partial charge in [0.1, 0.15) is 23.8 Å². The van der Waals surface area contributed by atoms with E-state index in [2.05, 4.69) is 20.3 Å². The third-order valence-electron chi connectivity index (χ3n) is 4.22. The Morgan fingerprint density at radius 2 is 1.88 bits per heavy atom. The highest BCUT2D eigenvalue weighted by atomic mass is 19.4. The van der Waals surface area contributed by atoms with Gasteiger partial charge in [-0.05, 0) is 38.5 Å². The number of nitrogens with zero attached hydrogens (tertiary/aromatic N) is 3. The second-order valence-electron chi connectivity index (χ2n) is 6.97. The predicted molar refractivity (Wildman–Crippen MR) is 90.0 cm³/mol. The fourth-order valence-electron chi connectivity index (χ4n) is 2.56. The fourth-order valence-corrected chi connectivity index (χ4v) is 2.56. The molecule has 26 heavy (non-hydrogen) atoms. The van der Waals surface area contributed by atoms with Crippen molar-refractivity contribution in [2.45, 2.75) is 71.2 Å². The van der Waals surface area contributed by atoms with Crippen molar-refractivity contribution < 1.29 is 22.7 Å². The van der Waals surface area contributed by atoms with Gasteiger partial charge in [0.05, 0.1) is 0 Å². The highest BCUT2D eigenvalue weighted by Crippen LogP contribution is 2.32. The lowest BCUT2D eigenvalue weighted by Crippen LogP contribution is -2.34. The Morgan fingerprint density at radius 3 is 2.50 bits per heavy atom. The number of aliphatic hydroxyl groups is 1. The van der Waals surface area contributed by atoms with Gasteiger partial charge in [0.2, 0.25) is 5.95 Å². The van der Waals surface area contributed by atoms with Crippen LogP contribution in [-0.2, 0) is 6.42 Å². The molecule has 2 N–H and O–H groups in total. The van der Waals surface area contributed by atoms with Gasteiger partial charge in [-0.15, -0.1) is 0 Å². The van der Waals surface area contributed by atoms with Crippen molar-refractivity contribution in [3.8, 4) is 0 Å². The van der Waals surface area contributed by atoms with E-state index in [1.807, 2.05) is 13.8 Å². The van der Waals surface area contributed by atoms with E-state index in [4.69, 9.17) is 0 Å². The summed E-state index contributed by atoms with van der Waals surface area (Å²) in [5, 5.41) is 11.9. The number of nitrogens with one attached hydrogen (secondary N) is 1. The molecular weight excluding hydrogens is 352 g/mol. The van der Waals surface area contributed by atoms with Crippen LogP contribution in [0.1, 0.15) is 58.1 Å². The maximum atomic E-state index is 14.3. The van der Waals surface area contributed by atoms with Crippen LogP contribution in [-0.4, -0.2) is 38.4 Å². The first kappa shape index (κ1) is 20.5. The second-order valence-corrected chi connectivity index (χ2v) is 6.97. The molecule has 0 radical (unpaired) electrons. The van der Waals surface area contributed by atoms with Crippen LogP contribution >= 0.6 is 0 Å². The lowest BCUT2D eigenvalue weighted by Gasteiger charge is -2.21. The molecule has 1 aromatic heterocycles. The molecule has 0 spiro atoms. The smallest absolute Gasteiger partial charge is 0.386 e. The Hall–Kier alpha value is -1.77. The summed E-state index contributed by atoms with van der Waals surface area (Å²) in [6.07, 6.45) is -3.32. The lowest BCUT2D eigenvalue weighted by atomic mass is 9.95. The standard InChI is InChI=1S/C17H24F4N4O/c1-9(2)7-8-13-23-15(11-5-4-6-12(26)14(11)18)25-16(24-13)22-10(3)17(19,20)21/h9-10,12,26H,4-8H2,1-3H3,(H,22,23,24,25)/t10-,12?/m0/s1. The van der Waals surface area contributed by atoms with Gasteiger partial charge in [0.25, 0.3) is 0 Å². The SMILES string of the molecule is CC(C)CCc1nc(N[C@@H](C)C(F)(F)F)nc(C2=C(F)C(O)CCC2)n1. The van der Waals surface area contributed by atoms with Crippen molar-refractivity contribution in [3.63, 3.8) is 0 Å². The minimum atomic E-state index is -4.46. The molecule has 2 atom stereocenters. The van der Waals surface area contributed by atoms with Crippen molar-refractivity contribution in [3.05, 3.63) is 17.5 Å². The summed E-state index contributed by atoms with van der Waals surface area (Å²) < 4.78 is 52.8. The summed E-state index contributed by atoms with van der Waals surface area (Å²) in [6, 6.07) is -1.86. The number of anilines is 1. The number of halogens is 4. The van der Waals surface area contributed by atoms with Crippen molar-refractivity contribution in [2.24, 2.45) is 5.92 Å². The summed E-state index contributed by atoms with van der Waals surface area (Å²) in [6.45, 7) is 4.97. The van der Waals surface area contributed by atoms with E-state index >= 15 is 0 Å². The molecule has 0 saturated carbocycles. The number of allylic oxidation sites excluding steroid dienone is 1. The van der Waals surface area contributed by atoms with E-state index in [1.54, 1.807) is 0 Å². The number of aliphatic hydroxyl groups excluding tert-OH is 1. The van der Waals surface area contributed by atoms with E-state index in [-0.39, 0.29) is 17.3 Å². The van der Waals surface area contributed by atoms with Crippen LogP contribution in [0.2, 0.25) is 0 Å². The number of aryl methyl sites for hydroxylation is 1. The van der Waals surface area contributed by atoms with E-state index < -0.39 is 24.1 Å². The largest absolute Gasteiger partial charge is 0.408 e. The van der Waals surface area contributed by atoms with Gasteiger partial charge in [0.15, 0.2) is 5.82 Å². The number of hydrogen-bond acceptors (Lipinski definition) is 5. The third-order valence-corrected chi connectivity index (χ3v) is 4.22. The topological polar surface area (TPSA) is 70.9 Å². The summed E-state index contributed by atoms with van der Waals surface area (Å²) in [7, 11) is 0. The molecule has 1 aliphatic rings. The second kappa shape index (κ2) is 8.28. The highest BCUT2D eigenvalue weighted by molar-refractivity contribution is 5.64. The number of rotatable bonds is 6. The van der Waals surface area contributed by atoms with Crippen molar-refractivity contribution in [1.29, 1.82) is 0 Å². The quantitative estimate of drug-likeness (QED) is 0.733. The molecule has 1 unspecified atom stereocenters. The maximum Gasteiger partial charge on any atom is 0.408 e. The Bertz CT molecular complexity index is 661. The van der Waals surface area contributed by atoms with Gasteiger partial charge in [-0.3, -0.25) is 0 Å². The molecule has 9 heteroatoms. The van der Waals surface area contributed by atoms with Crippen LogP contribution in [0.25, 0.3) is 5.57 Å². The summed E-state index contributed by atoms with van der Waals surface area (Å²) in [5.41, 5.74) is 0.139. The van der Waals surface area contributed by atoms with Crippen molar-refractivity contribution >= 4 is 11.5 Å². The van der Waals surface area contributed by atoms with Gasteiger partial charge in [-0.2, -0.15) is 23.1 Å². The summed E-state index contributed by atoms with van der Waals surface area (Å²) >= 11 is 0. The highest BCUT2D eigenvalue weighted by Gasteiger charge is 2.36. The Balaban J connectivity index is 2.38. The molecule has 5 nitrogen and oxygen atoms in total. The maximum absolute atomic E-state index is 14.3. The summed E-state index contributed by atoms with van der Waals surface area (Å²) in [4.78, 5) is 12.3. The molecule has 0 aromatic carbocycles. The molecule has 146 valence electrons. The van der Waals surface area contributed by atoms with E-state index in [0.717, 1.165) is 13.3 Å². The third kappa shape index (κ3) is 5.36. The van der Waals surface area contributed by atoms with Crippen LogP contribution < -0.4 is 5.32 Å². The summed E-state index contributed by atoms with van der Waals surface area (Å²) in [5.74, 6) is -0.299. The van der Waals surface area contributed by atoms with Crippen molar-refractivity contribution in [2.75, 3.05) is 5.32 Å². The molecule has 0 fully saturated rings. The minimum Gasteiger partial charge on any atom is -0.386 e. The van der Waals surface area contributed by atoms with Crippen LogP contribution in [0, 0.1) is 5.92 Å². The van der Waals surface area contributed by atoms with Crippen LogP contribution in [0.3, 0.4) is 0 Å². The molecule has 0 saturated heterocycles. The fraction of sp³-hybridized carbons (Fsp3) is 0.706. The molecule has 0 amide bonds. The van der Waals surface area contributed by atoms with Gasteiger partial charge in [0, 0.05) is 12.0 Å². The number of hydrogen-bond donors (Lipinski definition) is 2. The zero-order valence-corrected chi connectivity index (χ0v) is 15.1. The molecule has 1 aliphatic carbocycles. The monoisotopic (exact) mass is 376 g/mol. The van der Waals surface area contributed by atoms with Gasteiger partial charge >= 0.3 is 6.18 Å². The van der Waals surface area contributed by atoms with E-state index in [9.17, 15) is 22.7 Å². The molecule has 0 aliphatic heterocycles. The lowest BCUT2D eigenvalue weighted by molar-refractivity contribution is -0.138. The Labute approximate surface area is 150 Å². The van der Waals surface area contributed by atoms with Gasteiger partial charge in [-0.1, -0.05) is 13.8 Å². The first-order valence-corrected chi connectivity index (χ1v) is 8.73. The average Bonchev–Trinajstić information content (AvgIpc) is 2.54. The van der Waals surface area contributed by atoms with Crippen molar-refractivity contribution in [1.82, 2.24) is 15.0 Å². The number of aromatic nitrogens is 3. The first-order chi connectivity index (χ1) is 12.1. The zero-order valence-electron chi connectivity index (χ0n) is 15.1. The van der Waals surface area contributed by atoms with E-state index in [0.29, 0.717) is 37.4 Å². The molecule has 1 aromatic rings. The predicted octanol–water partition coefficient (Wildman–Crippen LogP) is 4.05. The zero-order chi connectivity index (χ0) is 19.5. The van der Waals surface area contributed by atoms with Crippen LogP contribution in [0.5, 0.6) is 0 Å². The molecule has 2 rings (SSSR count). The van der Waals surface area contributed by atoms with Gasteiger partial charge in [-0.25, -0.2) is 9.37 Å². The van der Waals surface area contributed by atoms with Crippen LogP contribution in [0.15, 0.2) is 5.83 Å². The minimum absolute atomic E-state index is 0.00752. The van der Waals surface area contributed by atoms with Gasteiger partial charge < -0.3 is 10.4 Å². The number of alkyl halides is 3. The molecule has 1 heterocycles.